The molecule has 0 heterocycles. The Hall–Kier alpha value is -3.69. The van der Waals surface area contributed by atoms with E-state index in [0.717, 1.165) is 0 Å². The van der Waals surface area contributed by atoms with Gasteiger partial charge in [0.25, 0.3) is 0 Å². The number of isocyanates is 4. The van der Waals surface area contributed by atoms with Crippen molar-refractivity contribution < 1.29 is 57.6 Å². The van der Waals surface area contributed by atoms with Crippen LogP contribution in [-0.2, 0) is 47.7 Å². The number of unbranched alkanes of at least 4 members (excludes halogenated alkanes) is 2. The lowest BCUT2D eigenvalue weighted by atomic mass is 10.1. The normalized spacial score (nSPS) is 12.4. The summed E-state index contributed by atoms with van der Waals surface area (Å²) < 4.78 is 20.1. The molecule has 0 bridgehead atoms. The average Bonchev–Trinajstić information content (AvgIpc) is 3.07. The summed E-state index contributed by atoms with van der Waals surface area (Å²) in [6.45, 7) is 4.88. The first-order chi connectivity index (χ1) is 23.6. The molecular weight excluding hydrogens is 688 g/mol. The summed E-state index contributed by atoms with van der Waals surface area (Å²) in [5, 5.41) is 15.4. The third-order valence-electron chi connectivity index (χ3n) is 5.96. The predicted molar refractivity (Wildman–Crippen MR) is 178 cm³/mol. The van der Waals surface area contributed by atoms with Crippen LogP contribution in [0.3, 0.4) is 0 Å². The number of amides is 1. The Kier molecular flexibility index (Phi) is 28.1. The van der Waals surface area contributed by atoms with Crippen molar-refractivity contribution in [3.05, 3.63) is 0 Å². The third kappa shape index (κ3) is 26.9. The van der Waals surface area contributed by atoms with E-state index in [1.165, 1.54) is 24.3 Å². The van der Waals surface area contributed by atoms with Crippen molar-refractivity contribution in [2.24, 2.45) is 20.0 Å². The molecule has 49 heavy (non-hydrogen) atoms. The lowest BCUT2D eigenvalue weighted by Crippen LogP contribution is -2.33. The number of carbonyl (C=O) groups excluding carboxylic acids is 7. The number of rotatable bonds is 30. The number of alkyl carbamates (subject to hydrolysis) is 1. The number of nitrogens with one attached hydrogen (secondary N) is 2. The van der Waals surface area contributed by atoms with Crippen molar-refractivity contribution in [3.63, 3.8) is 0 Å². The summed E-state index contributed by atoms with van der Waals surface area (Å²) >= 11 is 3.20. The molecule has 18 nitrogen and oxygen atoms in total. The van der Waals surface area contributed by atoms with E-state index in [4.69, 9.17) is 18.9 Å². The molecule has 0 aromatic heterocycles. The van der Waals surface area contributed by atoms with Crippen LogP contribution in [0.4, 0.5) is 4.79 Å². The van der Waals surface area contributed by atoms with Crippen LogP contribution in [0.2, 0.25) is 0 Å². The fraction of sp³-hybridized carbons (Fsp3) is 0.759. The lowest BCUT2D eigenvalue weighted by molar-refractivity contribution is -0.145. The maximum atomic E-state index is 12.0. The number of aliphatic hydroxyl groups excluding tert-OH is 1. The zero-order chi connectivity index (χ0) is 36.6. The summed E-state index contributed by atoms with van der Waals surface area (Å²) in [6.07, 6.45) is 6.09. The SMILES string of the molecule is CC(C)(SCCOC(=O)NCCCCC(N=C=O)C(=O)OCCN=C=O)SCCOC(O)NCCCCC(N=C=O)C(=O)OCCN=C=O. The maximum absolute atomic E-state index is 12.0. The van der Waals surface area contributed by atoms with Crippen LogP contribution in [0.25, 0.3) is 0 Å². The van der Waals surface area contributed by atoms with E-state index in [0.29, 0.717) is 50.3 Å². The van der Waals surface area contributed by atoms with Crippen molar-refractivity contribution >= 4 is 65.9 Å². The molecule has 0 aliphatic rings. The van der Waals surface area contributed by atoms with Gasteiger partial charge in [-0.2, -0.15) is 9.98 Å². The van der Waals surface area contributed by atoms with Crippen LogP contribution in [0.5, 0.6) is 0 Å². The Bertz CT molecular complexity index is 1170. The van der Waals surface area contributed by atoms with Gasteiger partial charge in [-0.05, 0) is 58.9 Å². The van der Waals surface area contributed by atoms with Gasteiger partial charge in [-0.3, -0.25) is 5.32 Å². The smallest absolute Gasteiger partial charge is 0.407 e. The van der Waals surface area contributed by atoms with E-state index < -0.39 is 36.5 Å². The molecule has 0 aromatic carbocycles. The quantitative estimate of drug-likeness (QED) is 0.0235. The molecule has 0 spiro atoms. The summed E-state index contributed by atoms with van der Waals surface area (Å²) in [7, 11) is 0. The van der Waals surface area contributed by atoms with Gasteiger partial charge in [-0.15, -0.1) is 23.5 Å². The van der Waals surface area contributed by atoms with Gasteiger partial charge in [0, 0.05) is 18.1 Å². The Morgan fingerprint density at radius 2 is 1.22 bits per heavy atom. The standard InChI is InChI=1S/C29H44N6O12S2/c1-29(2,48-17-15-46-27(42)32-9-5-3-7-23(34-21-38)25(40)44-13-11-30-19-36)49-18-16-47-28(43)33-10-6-4-8-24(35-22-39)26(41)45-14-12-31-20-37/h23-24,27,32,42H,3-18H2,1-2H3,(H,33,43). The highest BCUT2D eigenvalue weighted by molar-refractivity contribution is 8.18. The minimum absolute atomic E-state index is 0.0268. The monoisotopic (exact) mass is 732 g/mol. The van der Waals surface area contributed by atoms with Crippen molar-refractivity contribution in [1.82, 2.24) is 10.6 Å². The molecule has 0 aliphatic carbocycles. The topological polar surface area (TPSA) is 250 Å². The largest absolute Gasteiger partial charge is 0.462 e. The second-order valence-electron chi connectivity index (χ2n) is 10.1. The second-order valence-corrected chi connectivity index (χ2v) is 13.8. The minimum atomic E-state index is -1.18. The fourth-order valence-electron chi connectivity index (χ4n) is 3.63. The number of aliphatic hydroxyl groups is 1. The highest BCUT2D eigenvalue weighted by atomic mass is 32.2. The molecule has 0 rings (SSSR count). The van der Waals surface area contributed by atoms with E-state index in [1.54, 1.807) is 23.5 Å². The first-order valence-electron chi connectivity index (χ1n) is 15.4. The third-order valence-corrected chi connectivity index (χ3v) is 8.80. The van der Waals surface area contributed by atoms with Gasteiger partial charge < -0.3 is 29.4 Å². The first-order valence-corrected chi connectivity index (χ1v) is 17.3. The van der Waals surface area contributed by atoms with Gasteiger partial charge in [-0.25, -0.2) is 43.5 Å². The van der Waals surface area contributed by atoms with Gasteiger partial charge >= 0.3 is 18.0 Å². The molecule has 0 saturated heterocycles. The van der Waals surface area contributed by atoms with E-state index in [9.17, 15) is 38.7 Å². The van der Waals surface area contributed by atoms with E-state index in [-0.39, 0.29) is 56.4 Å². The first kappa shape index (κ1) is 45.3. The van der Waals surface area contributed by atoms with Crippen LogP contribution in [0, 0.1) is 0 Å². The van der Waals surface area contributed by atoms with Crippen molar-refractivity contribution in [2.75, 3.05) is 64.1 Å². The van der Waals surface area contributed by atoms with Gasteiger partial charge in [0.1, 0.15) is 19.8 Å². The molecule has 3 atom stereocenters. The van der Waals surface area contributed by atoms with Crippen LogP contribution < -0.4 is 10.6 Å². The lowest BCUT2D eigenvalue weighted by Gasteiger charge is -2.24. The molecule has 20 heteroatoms. The van der Waals surface area contributed by atoms with E-state index in [2.05, 4.69) is 30.6 Å². The Labute approximate surface area is 292 Å². The van der Waals surface area contributed by atoms with Gasteiger partial charge in [0.05, 0.1) is 23.8 Å². The predicted octanol–water partition coefficient (Wildman–Crippen LogP) is 1.30. The fourth-order valence-corrected chi connectivity index (χ4v) is 5.79. The minimum Gasteiger partial charge on any atom is -0.462 e. The van der Waals surface area contributed by atoms with Crippen LogP contribution in [-0.4, -0.2) is 134 Å². The van der Waals surface area contributed by atoms with E-state index >= 15 is 0 Å². The summed E-state index contributed by atoms with van der Waals surface area (Å²) in [6, 6.07) is -2.02. The van der Waals surface area contributed by atoms with Gasteiger partial charge in [0.2, 0.25) is 30.7 Å². The van der Waals surface area contributed by atoms with Crippen LogP contribution in [0.1, 0.15) is 52.4 Å². The molecule has 274 valence electrons. The number of aliphatic imine (C=N–C) groups is 4. The molecule has 1 amide bonds. The summed E-state index contributed by atoms with van der Waals surface area (Å²) in [5.41, 5.74) is 0. The number of thioether (sulfide) groups is 2. The summed E-state index contributed by atoms with van der Waals surface area (Å²) in [5.74, 6) is -0.284. The van der Waals surface area contributed by atoms with Crippen molar-refractivity contribution in [3.8, 4) is 0 Å². The molecule has 0 fully saturated rings. The zero-order valence-electron chi connectivity index (χ0n) is 27.6. The number of nitrogens with zero attached hydrogens (tertiary/aromatic N) is 4. The number of esters is 2. The molecule has 3 unspecified atom stereocenters. The number of carbonyl (C=O) groups is 3. The Morgan fingerprint density at radius 3 is 1.73 bits per heavy atom. The maximum Gasteiger partial charge on any atom is 0.407 e. The highest BCUT2D eigenvalue weighted by Gasteiger charge is 2.21. The van der Waals surface area contributed by atoms with Gasteiger partial charge in [-0.1, -0.05) is 0 Å². The number of hydrogen-bond acceptors (Lipinski definition) is 19. The van der Waals surface area contributed by atoms with Gasteiger partial charge in [0.15, 0.2) is 12.1 Å². The molecule has 0 radical (unpaired) electrons. The highest BCUT2D eigenvalue weighted by Crippen LogP contribution is 2.36. The average molecular weight is 733 g/mol. The molecule has 0 aliphatic heterocycles. The molecule has 0 saturated carbocycles. The molecule has 0 aromatic rings. The van der Waals surface area contributed by atoms with E-state index in [1.807, 2.05) is 13.8 Å². The Balaban J connectivity index is 4.00. The van der Waals surface area contributed by atoms with Crippen molar-refractivity contribution in [1.29, 1.82) is 0 Å². The molecular formula is C29H44N6O12S2. The number of hydrogen-bond donors (Lipinski definition) is 3. The molecule has 3 N–H and O–H groups in total. The Morgan fingerprint density at radius 1 is 0.714 bits per heavy atom. The van der Waals surface area contributed by atoms with Crippen LogP contribution >= 0.6 is 23.5 Å². The van der Waals surface area contributed by atoms with Crippen molar-refractivity contribution in [2.45, 2.75) is 74.9 Å². The second kappa shape index (κ2) is 30.4. The number of ether oxygens (including phenoxy) is 4. The summed E-state index contributed by atoms with van der Waals surface area (Å²) in [4.78, 5) is 90.5. The van der Waals surface area contributed by atoms with Crippen LogP contribution in [0.15, 0.2) is 20.0 Å². The zero-order valence-corrected chi connectivity index (χ0v) is 29.2.